The van der Waals surface area contributed by atoms with Crippen LogP contribution in [0.2, 0.25) is 0 Å². The molecule has 21 heavy (non-hydrogen) atoms. The highest BCUT2D eigenvalue weighted by molar-refractivity contribution is 5.88. The van der Waals surface area contributed by atoms with Crippen LogP contribution >= 0.6 is 0 Å². The van der Waals surface area contributed by atoms with Crippen molar-refractivity contribution in [2.24, 2.45) is 5.73 Å². The van der Waals surface area contributed by atoms with Crippen LogP contribution in [0.25, 0.3) is 10.9 Å². The number of nitrogens with one attached hydrogen (secondary N) is 2. The lowest BCUT2D eigenvalue weighted by molar-refractivity contribution is 0.130. The molecule has 0 unspecified atom stereocenters. The first-order chi connectivity index (χ1) is 10.1. The minimum atomic E-state index is -0.428. The molecule has 5 nitrogen and oxygen atoms in total. The van der Waals surface area contributed by atoms with E-state index in [4.69, 9.17) is 5.73 Å². The van der Waals surface area contributed by atoms with Crippen LogP contribution in [-0.4, -0.2) is 41.6 Å². The number of nitrogens with two attached hydrogens (primary N) is 1. The topological polar surface area (TPSA) is 74.2 Å². The summed E-state index contributed by atoms with van der Waals surface area (Å²) in [6.45, 7) is 0.861. The van der Waals surface area contributed by atoms with Gasteiger partial charge in [0.2, 0.25) is 0 Å². The molecule has 2 aliphatic rings. The number of carbonyl (C=O) groups is 1. The second-order valence-electron chi connectivity index (χ2n) is 6.34. The van der Waals surface area contributed by atoms with Gasteiger partial charge in [0, 0.05) is 41.6 Å². The Balaban J connectivity index is 1.76. The van der Waals surface area contributed by atoms with Crippen molar-refractivity contribution in [1.82, 2.24) is 15.2 Å². The Hall–Kier alpha value is -2.01. The number of piperidine rings is 1. The normalized spacial score (nSPS) is 28.3. The van der Waals surface area contributed by atoms with Crippen molar-refractivity contribution >= 4 is 16.9 Å². The summed E-state index contributed by atoms with van der Waals surface area (Å²) in [6.07, 6.45) is 4.18. The lowest BCUT2D eigenvalue weighted by Gasteiger charge is -2.45. The lowest BCUT2D eigenvalue weighted by Crippen LogP contribution is -2.55. The van der Waals surface area contributed by atoms with Crippen LogP contribution in [0.4, 0.5) is 4.79 Å². The average Bonchev–Trinajstić information content (AvgIpc) is 2.84. The zero-order valence-corrected chi connectivity index (χ0v) is 12.1. The van der Waals surface area contributed by atoms with E-state index in [1.165, 1.54) is 22.0 Å². The molecule has 1 aliphatic carbocycles. The third-order valence-electron chi connectivity index (χ3n) is 5.07. The van der Waals surface area contributed by atoms with Crippen molar-refractivity contribution in [3.8, 4) is 0 Å². The fourth-order valence-corrected chi connectivity index (χ4v) is 4.25. The molecule has 4 rings (SSSR count). The number of primary amides is 1. The molecule has 2 heterocycles. The molecule has 0 radical (unpaired) electrons. The summed E-state index contributed by atoms with van der Waals surface area (Å²) in [6, 6.07) is 6.69. The van der Waals surface area contributed by atoms with E-state index in [0.717, 1.165) is 19.4 Å². The van der Waals surface area contributed by atoms with Crippen molar-refractivity contribution in [3.63, 3.8) is 0 Å². The van der Waals surface area contributed by atoms with E-state index in [0.29, 0.717) is 12.0 Å². The van der Waals surface area contributed by atoms with Gasteiger partial charge in [0.1, 0.15) is 0 Å². The second-order valence-corrected chi connectivity index (χ2v) is 6.34. The van der Waals surface area contributed by atoms with Crippen LogP contribution in [0.1, 0.15) is 23.5 Å². The molecular weight excluding hydrogens is 264 g/mol. The Labute approximate surface area is 123 Å². The SMILES string of the molecule is CN1C[C@@H](NC(N)=O)C[C@@H]2c3cccc4[nH]cc(c34)C[C@H]21. The highest BCUT2D eigenvalue weighted by Crippen LogP contribution is 2.42. The van der Waals surface area contributed by atoms with Crippen LogP contribution in [-0.2, 0) is 6.42 Å². The Morgan fingerprint density at radius 2 is 2.33 bits per heavy atom. The van der Waals surface area contributed by atoms with Crippen molar-refractivity contribution in [3.05, 3.63) is 35.5 Å². The Bertz CT molecular complexity index is 707. The number of fused-ring (bicyclic) bond motifs is 2. The lowest BCUT2D eigenvalue weighted by atomic mass is 9.74. The van der Waals surface area contributed by atoms with E-state index in [2.05, 4.69) is 46.6 Å². The fraction of sp³-hybridized carbons (Fsp3) is 0.438. The first-order valence-electron chi connectivity index (χ1n) is 7.48. The average molecular weight is 284 g/mol. The number of urea groups is 1. The summed E-state index contributed by atoms with van der Waals surface area (Å²) >= 11 is 0. The number of amides is 2. The van der Waals surface area contributed by atoms with Gasteiger partial charge in [-0.25, -0.2) is 4.79 Å². The van der Waals surface area contributed by atoms with Crippen LogP contribution in [0.15, 0.2) is 24.4 Å². The van der Waals surface area contributed by atoms with Crippen molar-refractivity contribution in [2.75, 3.05) is 13.6 Å². The van der Waals surface area contributed by atoms with Gasteiger partial charge < -0.3 is 20.9 Å². The van der Waals surface area contributed by atoms with Gasteiger partial charge in [-0.1, -0.05) is 12.1 Å². The van der Waals surface area contributed by atoms with E-state index in [1.807, 2.05) is 0 Å². The molecule has 110 valence electrons. The van der Waals surface area contributed by atoms with Gasteiger partial charge in [-0.05, 0) is 37.1 Å². The van der Waals surface area contributed by atoms with Gasteiger partial charge in [-0.2, -0.15) is 0 Å². The molecule has 1 aliphatic heterocycles. The van der Waals surface area contributed by atoms with Gasteiger partial charge >= 0.3 is 6.03 Å². The Morgan fingerprint density at radius 1 is 1.48 bits per heavy atom. The molecule has 0 bridgehead atoms. The predicted molar refractivity (Wildman–Crippen MR) is 82.3 cm³/mol. The Kier molecular flexibility index (Phi) is 2.72. The number of hydrogen-bond donors (Lipinski definition) is 3. The van der Waals surface area contributed by atoms with Crippen molar-refractivity contribution in [2.45, 2.75) is 30.8 Å². The number of likely N-dealkylation sites (tertiary alicyclic amines) is 1. The van der Waals surface area contributed by atoms with Crippen LogP contribution in [0.5, 0.6) is 0 Å². The zero-order valence-electron chi connectivity index (χ0n) is 12.1. The van der Waals surface area contributed by atoms with Crippen LogP contribution in [0, 0.1) is 0 Å². The van der Waals surface area contributed by atoms with Gasteiger partial charge in [0.05, 0.1) is 0 Å². The molecule has 2 amide bonds. The smallest absolute Gasteiger partial charge is 0.312 e. The van der Waals surface area contributed by atoms with Crippen molar-refractivity contribution < 1.29 is 4.79 Å². The maximum absolute atomic E-state index is 11.2. The number of aromatic nitrogens is 1. The Morgan fingerprint density at radius 3 is 3.14 bits per heavy atom. The number of nitrogens with zero attached hydrogens (tertiary/aromatic N) is 1. The molecule has 0 spiro atoms. The number of rotatable bonds is 1. The number of H-pyrrole nitrogens is 1. The monoisotopic (exact) mass is 284 g/mol. The maximum Gasteiger partial charge on any atom is 0.312 e. The van der Waals surface area contributed by atoms with Crippen LogP contribution in [0.3, 0.4) is 0 Å². The first kappa shape index (κ1) is 12.7. The molecule has 3 atom stereocenters. The summed E-state index contributed by atoms with van der Waals surface area (Å²) < 4.78 is 0. The largest absolute Gasteiger partial charge is 0.361 e. The minimum Gasteiger partial charge on any atom is -0.361 e. The maximum atomic E-state index is 11.2. The van der Waals surface area contributed by atoms with Gasteiger partial charge in [-0.3, -0.25) is 0 Å². The molecule has 0 saturated carbocycles. The summed E-state index contributed by atoms with van der Waals surface area (Å²) in [5, 5.41) is 4.27. The second kappa shape index (κ2) is 4.49. The van der Waals surface area contributed by atoms with Gasteiger partial charge in [0.25, 0.3) is 0 Å². The van der Waals surface area contributed by atoms with E-state index in [9.17, 15) is 4.79 Å². The number of likely N-dealkylation sites (N-methyl/N-ethyl adjacent to an activating group) is 1. The fourth-order valence-electron chi connectivity index (χ4n) is 4.25. The highest BCUT2D eigenvalue weighted by atomic mass is 16.2. The van der Waals surface area contributed by atoms with E-state index >= 15 is 0 Å². The van der Waals surface area contributed by atoms with Crippen molar-refractivity contribution in [1.29, 1.82) is 0 Å². The summed E-state index contributed by atoms with van der Waals surface area (Å²) in [5.74, 6) is 0.451. The zero-order chi connectivity index (χ0) is 14.6. The molecule has 4 N–H and O–H groups in total. The standard InChI is InChI=1S/C16H20N4O/c1-20-8-10(19-16(17)21)6-12-11-3-2-4-13-15(11)9(7-18-13)5-14(12)20/h2-4,7,10,12,14,18H,5-6,8H2,1H3,(H3,17,19,21)/t10-,12+,14+/m0/s1. The highest BCUT2D eigenvalue weighted by Gasteiger charge is 2.39. The third kappa shape index (κ3) is 1.92. The quantitative estimate of drug-likeness (QED) is 0.743. The molecule has 1 aromatic carbocycles. The number of hydrogen-bond acceptors (Lipinski definition) is 2. The van der Waals surface area contributed by atoms with E-state index in [1.54, 1.807) is 0 Å². The number of benzene rings is 1. The number of carbonyl (C=O) groups excluding carboxylic acids is 1. The molecule has 5 heteroatoms. The molecule has 1 saturated heterocycles. The summed E-state index contributed by atoms with van der Waals surface area (Å²) in [5.41, 5.74) is 9.33. The summed E-state index contributed by atoms with van der Waals surface area (Å²) in [4.78, 5) is 16.9. The molecular formula is C16H20N4O. The summed E-state index contributed by atoms with van der Waals surface area (Å²) in [7, 11) is 2.14. The molecule has 2 aromatic rings. The molecule has 1 fully saturated rings. The number of aromatic amines is 1. The van der Waals surface area contributed by atoms with E-state index < -0.39 is 6.03 Å². The minimum absolute atomic E-state index is 0.129. The predicted octanol–water partition coefficient (Wildman–Crippen LogP) is 1.55. The van der Waals surface area contributed by atoms with Gasteiger partial charge in [0.15, 0.2) is 0 Å². The van der Waals surface area contributed by atoms with Crippen LogP contribution < -0.4 is 11.1 Å². The molecule has 1 aromatic heterocycles. The van der Waals surface area contributed by atoms with E-state index in [-0.39, 0.29) is 6.04 Å². The third-order valence-corrected chi connectivity index (χ3v) is 5.07. The van der Waals surface area contributed by atoms with Gasteiger partial charge in [-0.15, -0.1) is 0 Å². The first-order valence-corrected chi connectivity index (χ1v) is 7.48.